The molecule has 1 heterocycles. The minimum atomic E-state index is -0.908. The molecule has 0 spiro atoms. The number of urea groups is 1. The highest BCUT2D eigenvalue weighted by Gasteiger charge is 2.22. The van der Waals surface area contributed by atoms with E-state index in [-0.39, 0.29) is 12.6 Å². The first-order chi connectivity index (χ1) is 8.76. The smallest absolute Gasteiger partial charge is 0.323 e. The number of likely N-dealkylation sites (N-methyl/N-ethyl adjacent to an activating group) is 1. The first-order valence-corrected chi connectivity index (χ1v) is 6.58. The van der Waals surface area contributed by atoms with Crippen LogP contribution in [0.1, 0.15) is 33.4 Å². The van der Waals surface area contributed by atoms with E-state index in [1.165, 1.54) is 0 Å². The molecule has 0 aliphatic rings. The van der Waals surface area contributed by atoms with Crippen LogP contribution in [-0.2, 0) is 13.5 Å². The molecule has 0 radical (unpaired) electrons. The predicted molar refractivity (Wildman–Crippen MR) is 75.1 cm³/mol. The second-order valence-corrected chi connectivity index (χ2v) is 5.25. The summed E-state index contributed by atoms with van der Waals surface area (Å²) in [6, 6.07) is 1.63. The molecule has 6 heteroatoms. The number of hydrogen-bond donors (Lipinski definition) is 2. The summed E-state index contributed by atoms with van der Waals surface area (Å²) in [6.45, 7) is 8.08. The summed E-state index contributed by atoms with van der Waals surface area (Å²) >= 11 is 0. The van der Waals surface area contributed by atoms with Crippen LogP contribution in [0.5, 0.6) is 0 Å². The van der Waals surface area contributed by atoms with Gasteiger partial charge >= 0.3 is 6.03 Å². The predicted octanol–water partition coefficient (Wildman–Crippen LogP) is 1.61. The highest BCUT2D eigenvalue weighted by atomic mass is 16.3. The van der Waals surface area contributed by atoms with E-state index in [2.05, 4.69) is 10.4 Å². The maximum absolute atomic E-state index is 12.1. The van der Waals surface area contributed by atoms with Crippen molar-refractivity contribution < 1.29 is 9.90 Å². The van der Waals surface area contributed by atoms with Crippen LogP contribution in [0.4, 0.5) is 10.6 Å². The Morgan fingerprint density at radius 1 is 1.53 bits per heavy atom. The molecule has 0 atom stereocenters. The Hall–Kier alpha value is -1.56. The Bertz CT molecular complexity index is 434. The summed E-state index contributed by atoms with van der Waals surface area (Å²) in [7, 11) is 1.79. The van der Waals surface area contributed by atoms with E-state index in [0.717, 1.165) is 12.1 Å². The molecule has 0 aromatic carbocycles. The molecule has 0 fully saturated rings. The summed E-state index contributed by atoms with van der Waals surface area (Å²) in [5.41, 5.74) is 0.0253. The van der Waals surface area contributed by atoms with Crippen molar-refractivity contribution in [2.75, 3.05) is 18.4 Å². The molecule has 19 heavy (non-hydrogen) atoms. The van der Waals surface area contributed by atoms with E-state index in [0.29, 0.717) is 12.4 Å². The van der Waals surface area contributed by atoms with Crippen molar-refractivity contribution in [2.45, 2.75) is 39.7 Å². The van der Waals surface area contributed by atoms with Crippen LogP contribution in [0, 0.1) is 0 Å². The van der Waals surface area contributed by atoms with Crippen molar-refractivity contribution >= 4 is 11.8 Å². The monoisotopic (exact) mass is 268 g/mol. The van der Waals surface area contributed by atoms with E-state index < -0.39 is 5.60 Å². The van der Waals surface area contributed by atoms with Gasteiger partial charge in [0.25, 0.3) is 0 Å². The zero-order valence-corrected chi connectivity index (χ0v) is 12.4. The quantitative estimate of drug-likeness (QED) is 0.852. The molecule has 0 saturated heterocycles. The first kappa shape index (κ1) is 15.5. The molecule has 6 nitrogen and oxygen atoms in total. The van der Waals surface area contributed by atoms with Gasteiger partial charge in [-0.25, -0.2) is 4.79 Å². The second-order valence-electron chi connectivity index (χ2n) is 5.25. The van der Waals surface area contributed by atoms with Gasteiger partial charge in [-0.1, -0.05) is 6.92 Å². The summed E-state index contributed by atoms with van der Waals surface area (Å²) < 4.78 is 1.65. The number of nitrogens with one attached hydrogen (secondary N) is 1. The van der Waals surface area contributed by atoms with E-state index in [1.807, 2.05) is 19.9 Å². The number of aliphatic hydroxyl groups is 1. The highest BCUT2D eigenvalue weighted by Crippen LogP contribution is 2.12. The topological polar surface area (TPSA) is 70.4 Å². The molecule has 1 aromatic rings. The van der Waals surface area contributed by atoms with Gasteiger partial charge in [-0.2, -0.15) is 5.10 Å². The van der Waals surface area contributed by atoms with Gasteiger partial charge in [0.2, 0.25) is 0 Å². The molecular weight excluding hydrogens is 244 g/mol. The lowest BCUT2D eigenvalue weighted by atomic mass is 10.1. The van der Waals surface area contributed by atoms with Gasteiger partial charge in [0.05, 0.1) is 17.8 Å². The Labute approximate surface area is 114 Å². The highest BCUT2D eigenvalue weighted by molar-refractivity contribution is 5.88. The molecule has 0 bridgehead atoms. The summed E-state index contributed by atoms with van der Waals surface area (Å²) in [6.07, 6.45) is 0.824. The molecule has 2 N–H and O–H groups in total. The van der Waals surface area contributed by atoms with Crippen LogP contribution in [0.2, 0.25) is 0 Å². The van der Waals surface area contributed by atoms with Crippen molar-refractivity contribution in [1.82, 2.24) is 14.7 Å². The molecule has 1 rings (SSSR count). The van der Waals surface area contributed by atoms with Gasteiger partial charge in [-0.05, 0) is 27.2 Å². The zero-order valence-electron chi connectivity index (χ0n) is 12.4. The van der Waals surface area contributed by atoms with E-state index in [4.69, 9.17) is 0 Å². The van der Waals surface area contributed by atoms with Crippen LogP contribution in [0.3, 0.4) is 0 Å². The third-order valence-corrected chi connectivity index (χ3v) is 2.77. The summed E-state index contributed by atoms with van der Waals surface area (Å²) in [5, 5.41) is 16.9. The lowest BCUT2D eigenvalue weighted by Gasteiger charge is -2.28. The van der Waals surface area contributed by atoms with Crippen molar-refractivity contribution in [3.05, 3.63) is 11.8 Å². The number of hydrogen-bond acceptors (Lipinski definition) is 3. The Kier molecular flexibility index (Phi) is 4.94. The fourth-order valence-electron chi connectivity index (χ4n) is 1.80. The molecule has 0 aliphatic carbocycles. The lowest BCUT2D eigenvalue weighted by Crippen LogP contribution is -2.44. The normalized spacial score (nSPS) is 11.5. The van der Waals surface area contributed by atoms with Gasteiger partial charge in [0.15, 0.2) is 0 Å². The molecule has 2 amide bonds. The number of carbonyl (C=O) groups is 1. The number of carbonyl (C=O) groups excluding carboxylic acids is 1. The van der Waals surface area contributed by atoms with Crippen LogP contribution in [0.15, 0.2) is 6.07 Å². The van der Waals surface area contributed by atoms with E-state index in [9.17, 15) is 9.90 Å². The maximum Gasteiger partial charge on any atom is 0.323 e. The largest absolute Gasteiger partial charge is 0.389 e. The standard InChI is InChI=1S/C13H24N4O2/c1-6-10-8-11(16(5)15-10)14-12(18)17(7-2)9-13(3,4)19/h8,19H,6-7,9H2,1-5H3,(H,14,18). The fourth-order valence-corrected chi connectivity index (χ4v) is 1.80. The van der Waals surface area contributed by atoms with Crippen LogP contribution < -0.4 is 5.32 Å². The first-order valence-electron chi connectivity index (χ1n) is 6.58. The molecule has 0 unspecified atom stereocenters. The zero-order chi connectivity index (χ0) is 14.6. The Balaban J connectivity index is 2.74. The lowest BCUT2D eigenvalue weighted by molar-refractivity contribution is 0.0501. The van der Waals surface area contributed by atoms with Gasteiger partial charge in [0.1, 0.15) is 5.82 Å². The third-order valence-electron chi connectivity index (χ3n) is 2.77. The molecule has 108 valence electrons. The SMILES string of the molecule is CCc1cc(NC(=O)N(CC)CC(C)(C)O)n(C)n1. The summed E-state index contributed by atoms with van der Waals surface area (Å²) in [5.74, 6) is 0.663. The Morgan fingerprint density at radius 2 is 2.16 bits per heavy atom. The number of nitrogens with zero attached hydrogens (tertiary/aromatic N) is 3. The number of anilines is 1. The fraction of sp³-hybridized carbons (Fsp3) is 0.692. The van der Waals surface area contributed by atoms with Gasteiger partial charge in [-0.3, -0.25) is 10.00 Å². The van der Waals surface area contributed by atoms with Crippen molar-refractivity contribution in [3.8, 4) is 0 Å². The maximum atomic E-state index is 12.1. The van der Waals surface area contributed by atoms with Crippen LogP contribution in [0.25, 0.3) is 0 Å². The average molecular weight is 268 g/mol. The van der Waals surface area contributed by atoms with E-state index in [1.54, 1.807) is 30.5 Å². The number of rotatable bonds is 5. The van der Waals surface area contributed by atoms with Crippen molar-refractivity contribution in [2.24, 2.45) is 7.05 Å². The van der Waals surface area contributed by atoms with Crippen molar-refractivity contribution in [1.29, 1.82) is 0 Å². The molecule has 1 aromatic heterocycles. The number of amides is 2. The Morgan fingerprint density at radius 3 is 2.58 bits per heavy atom. The van der Waals surface area contributed by atoms with Gasteiger partial charge < -0.3 is 10.0 Å². The van der Waals surface area contributed by atoms with Crippen LogP contribution >= 0.6 is 0 Å². The summed E-state index contributed by atoms with van der Waals surface area (Å²) in [4.78, 5) is 13.7. The number of aromatic nitrogens is 2. The third kappa shape index (κ3) is 4.55. The second kappa shape index (κ2) is 6.06. The number of aryl methyl sites for hydroxylation is 2. The molecule has 0 aliphatic heterocycles. The van der Waals surface area contributed by atoms with Gasteiger partial charge in [0, 0.05) is 19.7 Å². The van der Waals surface area contributed by atoms with E-state index >= 15 is 0 Å². The average Bonchev–Trinajstić information content (AvgIpc) is 2.66. The molecule has 0 saturated carbocycles. The van der Waals surface area contributed by atoms with Gasteiger partial charge in [-0.15, -0.1) is 0 Å². The van der Waals surface area contributed by atoms with Crippen molar-refractivity contribution in [3.63, 3.8) is 0 Å². The minimum absolute atomic E-state index is 0.227. The van der Waals surface area contributed by atoms with Crippen LogP contribution in [-0.4, -0.2) is 44.5 Å². The minimum Gasteiger partial charge on any atom is -0.389 e. The molecular formula is C13H24N4O2.